The molecular weight excluding hydrogens is 222 g/mol. The molecule has 0 aromatic carbocycles. The second kappa shape index (κ2) is 5.92. The predicted molar refractivity (Wildman–Crippen MR) is 68.7 cm³/mol. The van der Waals surface area contributed by atoms with Gasteiger partial charge in [0.1, 0.15) is 11.6 Å². The van der Waals surface area contributed by atoms with Gasteiger partial charge >= 0.3 is 5.97 Å². The first-order chi connectivity index (χ1) is 7.38. The number of esters is 1. The standard InChI is InChI=1S/C12H23NO2S/c1-9(11(14)15-12(2,3)4)13-7-10-5-6-16-8-10/h9-10,13H,5-8H2,1-4H3. The van der Waals surface area contributed by atoms with Crippen molar-refractivity contribution in [1.29, 1.82) is 0 Å². The van der Waals surface area contributed by atoms with Crippen molar-refractivity contribution >= 4 is 17.7 Å². The lowest BCUT2D eigenvalue weighted by molar-refractivity contribution is -0.157. The van der Waals surface area contributed by atoms with E-state index in [-0.39, 0.29) is 12.0 Å². The number of ether oxygens (including phenoxy) is 1. The van der Waals surface area contributed by atoms with Crippen LogP contribution in [0.2, 0.25) is 0 Å². The molecule has 2 atom stereocenters. The first-order valence-electron chi connectivity index (χ1n) is 5.92. The van der Waals surface area contributed by atoms with Crippen LogP contribution in [0.5, 0.6) is 0 Å². The molecule has 2 unspecified atom stereocenters. The predicted octanol–water partition coefficient (Wildman–Crippen LogP) is 2.06. The third-order valence-corrected chi connectivity index (χ3v) is 3.73. The van der Waals surface area contributed by atoms with E-state index in [1.54, 1.807) is 0 Å². The molecule has 4 heteroatoms. The largest absolute Gasteiger partial charge is 0.459 e. The molecule has 1 fully saturated rings. The summed E-state index contributed by atoms with van der Waals surface area (Å²) in [6.07, 6.45) is 1.26. The van der Waals surface area contributed by atoms with E-state index in [0.717, 1.165) is 12.5 Å². The fraction of sp³-hybridized carbons (Fsp3) is 0.917. The van der Waals surface area contributed by atoms with Crippen LogP contribution < -0.4 is 5.32 Å². The maximum atomic E-state index is 11.7. The average molecular weight is 245 g/mol. The van der Waals surface area contributed by atoms with Gasteiger partial charge in [0.05, 0.1) is 0 Å². The third-order valence-electron chi connectivity index (χ3n) is 2.50. The molecule has 1 heterocycles. The Morgan fingerprint density at radius 1 is 1.56 bits per heavy atom. The van der Waals surface area contributed by atoms with Crippen LogP contribution in [0.3, 0.4) is 0 Å². The van der Waals surface area contributed by atoms with Crippen molar-refractivity contribution in [1.82, 2.24) is 5.32 Å². The zero-order valence-corrected chi connectivity index (χ0v) is 11.5. The van der Waals surface area contributed by atoms with Crippen LogP contribution in [0.15, 0.2) is 0 Å². The summed E-state index contributed by atoms with van der Waals surface area (Å²) in [4.78, 5) is 11.7. The van der Waals surface area contributed by atoms with Crippen molar-refractivity contribution in [2.24, 2.45) is 5.92 Å². The molecule has 1 aliphatic rings. The van der Waals surface area contributed by atoms with Gasteiger partial charge in [-0.05, 0) is 58.1 Å². The van der Waals surface area contributed by atoms with Crippen molar-refractivity contribution in [3.63, 3.8) is 0 Å². The van der Waals surface area contributed by atoms with Crippen LogP contribution in [0.4, 0.5) is 0 Å². The van der Waals surface area contributed by atoms with Gasteiger partial charge < -0.3 is 10.1 Å². The van der Waals surface area contributed by atoms with Crippen LogP contribution in [0.1, 0.15) is 34.1 Å². The number of carbonyl (C=O) groups excluding carboxylic acids is 1. The van der Waals surface area contributed by atoms with E-state index < -0.39 is 5.60 Å². The molecule has 0 aliphatic carbocycles. The maximum absolute atomic E-state index is 11.7. The van der Waals surface area contributed by atoms with Gasteiger partial charge in [0, 0.05) is 0 Å². The highest BCUT2D eigenvalue weighted by Gasteiger charge is 2.23. The minimum absolute atomic E-state index is 0.154. The Morgan fingerprint density at radius 3 is 2.75 bits per heavy atom. The second-order valence-electron chi connectivity index (χ2n) is 5.39. The summed E-state index contributed by atoms with van der Waals surface area (Å²) >= 11 is 2.00. The number of thioether (sulfide) groups is 1. The molecule has 1 aliphatic heterocycles. The number of nitrogens with one attached hydrogen (secondary N) is 1. The van der Waals surface area contributed by atoms with E-state index in [4.69, 9.17) is 4.74 Å². The van der Waals surface area contributed by atoms with Crippen molar-refractivity contribution < 1.29 is 9.53 Å². The minimum Gasteiger partial charge on any atom is -0.459 e. The Bertz CT molecular complexity index is 232. The zero-order chi connectivity index (χ0) is 12.2. The summed E-state index contributed by atoms with van der Waals surface area (Å²) in [5.41, 5.74) is -0.393. The molecule has 1 rings (SSSR count). The van der Waals surface area contributed by atoms with Crippen LogP contribution in [0.25, 0.3) is 0 Å². The molecule has 1 saturated heterocycles. The molecule has 0 aromatic heterocycles. The first-order valence-corrected chi connectivity index (χ1v) is 7.08. The second-order valence-corrected chi connectivity index (χ2v) is 6.54. The van der Waals surface area contributed by atoms with Crippen molar-refractivity contribution in [2.75, 3.05) is 18.1 Å². The SMILES string of the molecule is CC(NCC1CCSC1)C(=O)OC(C)(C)C. The minimum atomic E-state index is -0.393. The van der Waals surface area contributed by atoms with Crippen LogP contribution in [-0.4, -0.2) is 35.7 Å². The molecule has 0 bridgehead atoms. The molecule has 0 saturated carbocycles. The van der Waals surface area contributed by atoms with Gasteiger partial charge in [-0.1, -0.05) is 0 Å². The Morgan fingerprint density at radius 2 is 2.25 bits per heavy atom. The highest BCUT2D eigenvalue weighted by Crippen LogP contribution is 2.22. The first kappa shape index (κ1) is 13.8. The highest BCUT2D eigenvalue weighted by molar-refractivity contribution is 7.99. The van der Waals surface area contributed by atoms with Crippen LogP contribution in [0, 0.1) is 5.92 Å². The molecule has 0 radical (unpaired) electrons. The summed E-state index contributed by atoms with van der Waals surface area (Å²) in [5.74, 6) is 3.04. The number of carbonyl (C=O) groups is 1. The lowest BCUT2D eigenvalue weighted by atomic mass is 10.1. The summed E-state index contributed by atoms with van der Waals surface area (Å²) in [7, 11) is 0. The molecule has 1 N–H and O–H groups in total. The molecule has 0 aromatic rings. The van der Waals surface area contributed by atoms with Crippen LogP contribution in [-0.2, 0) is 9.53 Å². The topological polar surface area (TPSA) is 38.3 Å². The quantitative estimate of drug-likeness (QED) is 0.769. The van der Waals surface area contributed by atoms with Crippen molar-refractivity contribution in [3.05, 3.63) is 0 Å². The lowest BCUT2D eigenvalue weighted by Crippen LogP contribution is -2.41. The fourth-order valence-electron chi connectivity index (χ4n) is 1.56. The normalized spacial score (nSPS) is 23.1. The van der Waals surface area contributed by atoms with Gasteiger partial charge in [-0.25, -0.2) is 0 Å². The monoisotopic (exact) mass is 245 g/mol. The van der Waals surface area contributed by atoms with E-state index in [2.05, 4.69) is 5.32 Å². The molecule has 0 spiro atoms. The van der Waals surface area contributed by atoms with Crippen molar-refractivity contribution in [3.8, 4) is 0 Å². The van der Waals surface area contributed by atoms with Gasteiger partial charge in [0.2, 0.25) is 0 Å². The van der Waals surface area contributed by atoms with Gasteiger partial charge in [-0.3, -0.25) is 4.79 Å². The van der Waals surface area contributed by atoms with Gasteiger partial charge in [-0.2, -0.15) is 11.8 Å². The zero-order valence-electron chi connectivity index (χ0n) is 10.7. The van der Waals surface area contributed by atoms with Gasteiger partial charge in [0.15, 0.2) is 0 Å². The number of rotatable bonds is 4. The van der Waals surface area contributed by atoms with Crippen LogP contribution >= 0.6 is 11.8 Å². The lowest BCUT2D eigenvalue weighted by Gasteiger charge is -2.23. The van der Waals surface area contributed by atoms with Gasteiger partial charge in [-0.15, -0.1) is 0 Å². The average Bonchev–Trinajstić information content (AvgIpc) is 2.63. The van der Waals surface area contributed by atoms with E-state index in [1.807, 2.05) is 39.5 Å². The van der Waals surface area contributed by atoms with E-state index in [1.165, 1.54) is 17.9 Å². The smallest absolute Gasteiger partial charge is 0.323 e. The summed E-state index contributed by atoms with van der Waals surface area (Å²) in [6.45, 7) is 8.48. The Balaban J connectivity index is 2.23. The molecule has 16 heavy (non-hydrogen) atoms. The number of hydrogen-bond acceptors (Lipinski definition) is 4. The van der Waals surface area contributed by atoms with E-state index in [0.29, 0.717) is 0 Å². The molecule has 3 nitrogen and oxygen atoms in total. The maximum Gasteiger partial charge on any atom is 0.323 e. The summed E-state index contributed by atoms with van der Waals surface area (Å²) in [6, 6.07) is -0.204. The molecule has 94 valence electrons. The Hall–Kier alpha value is -0.220. The van der Waals surface area contributed by atoms with Crippen molar-refractivity contribution in [2.45, 2.75) is 45.8 Å². The Kier molecular flexibility index (Phi) is 5.12. The van der Waals surface area contributed by atoms with Gasteiger partial charge in [0.25, 0.3) is 0 Å². The van der Waals surface area contributed by atoms with E-state index >= 15 is 0 Å². The fourth-order valence-corrected chi connectivity index (χ4v) is 2.85. The third kappa shape index (κ3) is 5.21. The number of hydrogen-bond donors (Lipinski definition) is 1. The molecule has 0 amide bonds. The summed E-state index contributed by atoms with van der Waals surface area (Å²) in [5, 5.41) is 3.26. The molecular formula is C12H23NO2S. The highest BCUT2D eigenvalue weighted by atomic mass is 32.2. The summed E-state index contributed by atoms with van der Waals surface area (Å²) < 4.78 is 5.31. The van der Waals surface area contributed by atoms with E-state index in [9.17, 15) is 4.79 Å². The Labute approximate surface area is 103 Å².